The molecule has 1 aliphatic carbocycles. The van der Waals surface area contributed by atoms with Gasteiger partial charge >= 0.3 is 0 Å². The molecule has 0 aliphatic heterocycles. The summed E-state index contributed by atoms with van der Waals surface area (Å²) in [5.74, 6) is 0. The van der Waals surface area contributed by atoms with Crippen molar-refractivity contribution in [2.75, 3.05) is 0 Å². The Labute approximate surface area is 110 Å². The Morgan fingerprint density at radius 3 is 2.56 bits per heavy atom. The quantitative estimate of drug-likeness (QED) is 0.890. The van der Waals surface area contributed by atoms with Gasteiger partial charge in [0.2, 0.25) is 0 Å². The van der Waals surface area contributed by atoms with Crippen molar-refractivity contribution in [3.05, 3.63) is 18.0 Å². The molecule has 18 heavy (non-hydrogen) atoms. The fourth-order valence-corrected chi connectivity index (χ4v) is 2.91. The summed E-state index contributed by atoms with van der Waals surface area (Å²) in [6.07, 6.45) is 8.59. The first-order valence-corrected chi connectivity index (χ1v) is 7.23. The Bertz CT molecular complexity index is 378. The summed E-state index contributed by atoms with van der Waals surface area (Å²) in [6.45, 7) is 6.47. The lowest BCUT2D eigenvalue weighted by molar-refractivity contribution is 0.00967. The van der Waals surface area contributed by atoms with Gasteiger partial charge in [0.05, 0.1) is 11.8 Å². The van der Waals surface area contributed by atoms with E-state index in [1.165, 1.54) is 19.3 Å². The minimum Gasteiger partial charge on any atom is -0.392 e. The van der Waals surface area contributed by atoms with Crippen LogP contribution in [0, 0.1) is 5.41 Å². The lowest BCUT2D eigenvalue weighted by Gasteiger charge is -2.37. The molecule has 1 unspecified atom stereocenters. The van der Waals surface area contributed by atoms with Crippen molar-refractivity contribution < 1.29 is 5.11 Å². The second-order valence-electron chi connectivity index (χ2n) is 6.32. The molecule has 0 radical (unpaired) electrons. The molecule has 0 amide bonds. The zero-order valence-corrected chi connectivity index (χ0v) is 11.9. The molecule has 1 aromatic heterocycles. The van der Waals surface area contributed by atoms with E-state index in [9.17, 15) is 5.11 Å². The molecule has 0 bridgehead atoms. The van der Waals surface area contributed by atoms with Crippen molar-refractivity contribution in [2.45, 2.75) is 71.4 Å². The van der Waals surface area contributed by atoms with E-state index in [1.807, 2.05) is 16.9 Å². The van der Waals surface area contributed by atoms with Crippen LogP contribution >= 0.6 is 0 Å². The molecule has 1 heterocycles. The van der Waals surface area contributed by atoms with Crippen LogP contribution in [-0.4, -0.2) is 21.0 Å². The highest BCUT2D eigenvalue weighted by atomic mass is 16.3. The summed E-state index contributed by atoms with van der Waals surface area (Å²) in [5.41, 5.74) is 1.11. The molecule has 1 aromatic rings. The summed E-state index contributed by atoms with van der Waals surface area (Å²) >= 11 is 0. The molecular weight excluding hydrogens is 224 g/mol. The van der Waals surface area contributed by atoms with Crippen LogP contribution in [0.5, 0.6) is 0 Å². The zero-order chi connectivity index (χ0) is 13.2. The smallest absolute Gasteiger partial charge is 0.0650 e. The van der Waals surface area contributed by atoms with Crippen LogP contribution in [0.1, 0.15) is 64.6 Å². The van der Waals surface area contributed by atoms with E-state index in [2.05, 4.69) is 25.9 Å². The van der Waals surface area contributed by atoms with Crippen molar-refractivity contribution in [3.8, 4) is 0 Å². The molecule has 0 saturated heterocycles. The van der Waals surface area contributed by atoms with E-state index >= 15 is 0 Å². The van der Waals surface area contributed by atoms with Gasteiger partial charge in [-0.25, -0.2) is 0 Å². The fraction of sp³-hybridized carbons (Fsp3) is 0.800. The highest BCUT2D eigenvalue weighted by Crippen LogP contribution is 2.39. The van der Waals surface area contributed by atoms with Gasteiger partial charge in [0.25, 0.3) is 0 Å². The normalized spacial score (nSPS) is 21.2. The van der Waals surface area contributed by atoms with E-state index in [1.54, 1.807) is 0 Å². The Kier molecular flexibility index (Phi) is 4.10. The van der Waals surface area contributed by atoms with Crippen LogP contribution in [0.15, 0.2) is 12.3 Å². The van der Waals surface area contributed by atoms with Gasteiger partial charge in [-0.05, 0) is 38.2 Å². The van der Waals surface area contributed by atoms with Crippen LogP contribution in [0.3, 0.4) is 0 Å². The SMILES string of the molecule is CC(C)n1ccc(CC(O)C2(C)CCCCC2)n1. The van der Waals surface area contributed by atoms with Crippen LogP contribution in [0.4, 0.5) is 0 Å². The highest BCUT2D eigenvalue weighted by molar-refractivity contribution is 5.03. The minimum atomic E-state index is -0.256. The molecule has 1 N–H and O–H groups in total. The lowest BCUT2D eigenvalue weighted by Crippen LogP contribution is -2.36. The van der Waals surface area contributed by atoms with Crippen LogP contribution in [0.25, 0.3) is 0 Å². The number of rotatable bonds is 4. The molecule has 102 valence electrons. The van der Waals surface area contributed by atoms with Crippen molar-refractivity contribution in [1.29, 1.82) is 0 Å². The Morgan fingerprint density at radius 1 is 1.33 bits per heavy atom. The van der Waals surface area contributed by atoms with Crippen molar-refractivity contribution >= 4 is 0 Å². The molecule has 0 aromatic carbocycles. The average Bonchev–Trinajstić information content (AvgIpc) is 2.78. The highest BCUT2D eigenvalue weighted by Gasteiger charge is 2.34. The van der Waals surface area contributed by atoms with E-state index in [0.717, 1.165) is 18.5 Å². The summed E-state index contributed by atoms with van der Waals surface area (Å²) in [4.78, 5) is 0. The summed E-state index contributed by atoms with van der Waals surface area (Å²) in [7, 11) is 0. The maximum absolute atomic E-state index is 10.5. The number of aliphatic hydroxyl groups excluding tert-OH is 1. The van der Waals surface area contributed by atoms with Gasteiger partial charge in [0.15, 0.2) is 0 Å². The van der Waals surface area contributed by atoms with Crippen LogP contribution < -0.4 is 0 Å². The monoisotopic (exact) mass is 250 g/mol. The molecule has 3 nitrogen and oxygen atoms in total. The number of aromatic nitrogens is 2. The molecule has 1 saturated carbocycles. The molecular formula is C15H26N2O. The van der Waals surface area contributed by atoms with E-state index in [-0.39, 0.29) is 11.5 Å². The summed E-state index contributed by atoms with van der Waals surface area (Å²) in [5, 5.41) is 15.0. The average molecular weight is 250 g/mol. The summed E-state index contributed by atoms with van der Waals surface area (Å²) < 4.78 is 1.96. The predicted molar refractivity (Wildman–Crippen MR) is 73.5 cm³/mol. The van der Waals surface area contributed by atoms with Crippen molar-refractivity contribution in [1.82, 2.24) is 9.78 Å². The number of hydrogen-bond acceptors (Lipinski definition) is 2. The molecule has 1 fully saturated rings. The molecule has 0 spiro atoms. The lowest BCUT2D eigenvalue weighted by atomic mass is 9.71. The van der Waals surface area contributed by atoms with Gasteiger partial charge in [-0.3, -0.25) is 4.68 Å². The maximum Gasteiger partial charge on any atom is 0.0650 e. The summed E-state index contributed by atoms with van der Waals surface area (Å²) in [6, 6.07) is 2.43. The number of hydrogen-bond donors (Lipinski definition) is 1. The third-order valence-electron chi connectivity index (χ3n) is 4.40. The van der Waals surface area contributed by atoms with Gasteiger partial charge in [-0.15, -0.1) is 0 Å². The predicted octanol–water partition coefficient (Wildman–Crippen LogP) is 3.34. The third kappa shape index (κ3) is 2.94. The molecule has 3 heteroatoms. The first kappa shape index (κ1) is 13.6. The first-order valence-electron chi connectivity index (χ1n) is 7.23. The molecule has 1 atom stereocenters. The van der Waals surface area contributed by atoms with E-state index in [4.69, 9.17) is 0 Å². The van der Waals surface area contributed by atoms with E-state index in [0.29, 0.717) is 12.5 Å². The Morgan fingerprint density at radius 2 is 2.00 bits per heavy atom. The van der Waals surface area contributed by atoms with Crippen molar-refractivity contribution in [3.63, 3.8) is 0 Å². The van der Waals surface area contributed by atoms with Crippen LogP contribution in [0.2, 0.25) is 0 Å². The van der Waals surface area contributed by atoms with Gasteiger partial charge in [-0.2, -0.15) is 5.10 Å². The standard InChI is InChI=1S/C15H26N2O/c1-12(2)17-10-7-13(16-17)11-14(18)15(3)8-5-4-6-9-15/h7,10,12,14,18H,4-6,8-9,11H2,1-3H3. The van der Waals surface area contributed by atoms with Crippen molar-refractivity contribution in [2.24, 2.45) is 5.41 Å². The minimum absolute atomic E-state index is 0.0971. The van der Waals surface area contributed by atoms with Gasteiger partial charge in [0, 0.05) is 18.7 Å². The number of aliphatic hydroxyl groups is 1. The Hall–Kier alpha value is -0.830. The van der Waals surface area contributed by atoms with Crippen LogP contribution in [-0.2, 0) is 6.42 Å². The largest absolute Gasteiger partial charge is 0.392 e. The topological polar surface area (TPSA) is 38.0 Å². The van der Waals surface area contributed by atoms with Gasteiger partial charge < -0.3 is 5.11 Å². The first-order chi connectivity index (χ1) is 8.51. The van der Waals surface area contributed by atoms with Gasteiger partial charge in [-0.1, -0.05) is 26.2 Å². The Balaban J connectivity index is 1.99. The molecule has 1 aliphatic rings. The molecule has 2 rings (SSSR count). The van der Waals surface area contributed by atoms with E-state index < -0.39 is 0 Å². The second-order valence-corrected chi connectivity index (χ2v) is 6.32. The zero-order valence-electron chi connectivity index (χ0n) is 11.9. The third-order valence-corrected chi connectivity index (χ3v) is 4.40. The fourth-order valence-electron chi connectivity index (χ4n) is 2.91. The number of nitrogens with zero attached hydrogens (tertiary/aromatic N) is 2. The second kappa shape index (κ2) is 5.43. The maximum atomic E-state index is 10.5. The van der Waals surface area contributed by atoms with Gasteiger partial charge in [0.1, 0.15) is 0 Å².